The minimum atomic E-state index is -0.999. The molecular formula is C16H18O3. The van der Waals surface area contributed by atoms with Gasteiger partial charge >= 0.3 is 0 Å². The molecule has 3 nitrogen and oxygen atoms in total. The number of benzene rings is 2. The molecule has 2 N–H and O–H groups in total. The van der Waals surface area contributed by atoms with Gasteiger partial charge < -0.3 is 14.9 Å². The van der Waals surface area contributed by atoms with Crippen LogP contribution >= 0.6 is 0 Å². The second-order valence-electron chi connectivity index (χ2n) is 4.42. The molecule has 0 amide bonds. The van der Waals surface area contributed by atoms with Crippen molar-refractivity contribution in [1.82, 2.24) is 0 Å². The van der Waals surface area contributed by atoms with Gasteiger partial charge in [-0.05, 0) is 11.1 Å². The van der Waals surface area contributed by atoms with Crippen molar-refractivity contribution in [2.24, 2.45) is 0 Å². The predicted molar refractivity (Wildman–Crippen MR) is 73.4 cm³/mol. The number of aliphatic hydroxyl groups is 2. The van der Waals surface area contributed by atoms with Crippen LogP contribution in [0.1, 0.15) is 11.1 Å². The third kappa shape index (κ3) is 4.83. The van der Waals surface area contributed by atoms with Crippen LogP contribution in [-0.4, -0.2) is 22.8 Å². The average molecular weight is 258 g/mol. The van der Waals surface area contributed by atoms with E-state index in [1.54, 1.807) is 0 Å². The van der Waals surface area contributed by atoms with Gasteiger partial charge in [0.05, 0.1) is 0 Å². The Hall–Kier alpha value is -1.68. The van der Waals surface area contributed by atoms with Crippen molar-refractivity contribution in [1.29, 1.82) is 0 Å². The molecule has 2 unspecified atom stereocenters. The van der Waals surface area contributed by atoms with Gasteiger partial charge in [-0.15, -0.1) is 0 Å². The molecule has 0 aromatic heterocycles. The van der Waals surface area contributed by atoms with E-state index in [0.29, 0.717) is 12.8 Å². The summed E-state index contributed by atoms with van der Waals surface area (Å²) < 4.78 is 5.17. The van der Waals surface area contributed by atoms with Crippen molar-refractivity contribution in [2.45, 2.75) is 25.4 Å². The van der Waals surface area contributed by atoms with Gasteiger partial charge in [-0.2, -0.15) is 0 Å². The van der Waals surface area contributed by atoms with Crippen LogP contribution < -0.4 is 0 Å². The van der Waals surface area contributed by atoms with Crippen LogP contribution in [0.4, 0.5) is 0 Å². The zero-order valence-corrected chi connectivity index (χ0v) is 10.6. The standard InChI is InChI=1S/C16H18O3/c17-15(11-13-7-3-1-4-8-13)19-16(18)12-14-9-5-2-6-10-14/h1-10,15-18H,11-12H2. The van der Waals surface area contributed by atoms with Crippen molar-refractivity contribution in [3.8, 4) is 0 Å². The van der Waals surface area contributed by atoms with E-state index in [1.807, 2.05) is 60.7 Å². The molecule has 2 aromatic carbocycles. The highest BCUT2D eigenvalue weighted by Crippen LogP contribution is 2.09. The lowest BCUT2D eigenvalue weighted by Crippen LogP contribution is -2.25. The van der Waals surface area contributed by atoms with Crippen LogP contribution in [0, 0.1) is 0 Å². The fourth-order valence-corrected chi connectivity index (χ4v) is 1.91. The van der Waals surface area contributed by atoms with E-state index in [-0.39, 0.29) is 0 Å². The highest BCUT2D eigenvalue weighted by atomic mass is 16.7. The summed E-state index contributed by atoms with van der Waals surface area (Å²) in [6.45, 7) is 0. The summed E-state index contributed by atoms with van der Waals surface area (Å²) in [4.78, 5) is 0. The Kier molecular flexibility index (Phi) is 5.10. The van der Waals surface area contributed by atoms with Gasteiger partial charge in [-0.3, -0.25) is 0 Å². The van der Waals surface area contributed by atoms with Crippen LogP contribution in [0.25, 0.3) is 0 Å². The molecule has 0 spiro atoms. The normalized spacial score (nSPS) is 14.0. The number of hydrogen-bond acceptors (Lipinski definition) is 3. The van der Waals surface area contributed by atoms with Gasteiger partial charge in [0.1, 0.15) is 0 Å². The Morgan fingerprint density at radius 3 is 1.42 bits per heavy atom. The summed E-state index contributed by atoms with van der Waals surface area (Å²) in [5.74, 6) is 0. The quantitative estimate of drug-likeness (QED) is 0.780. The van der Waals surface area contributed by atoms with Crippen LogP contribution in [-0.2, 0) is 17.6 Å². The van der Waals surface area contributed by atoms with Gasteiger partial charge in [-0.25, -0.2) is 0 Å². The lowest BCUT2D eigenvalue weighted by molar-refractivity contribution is -0.205. The highest BCUT2D eigenvalue weighted by Gasteiger charge is 2.12. The molecule has 0 aliphatic rings. The zero-order chi connectivity index (χ0) is 13.5. The summed E-state index contributed by atoms with van der Waals surface area (Å²) in [7, 11) is 0. The number of aliphatic hydroxyl groups excluding tert-OH is 2. The third-order valence-electron chi connectivity index (χ3n) is 2.82. The Morgan fingerprint density at radius 1 is 0.684 bits per heavy atom. The van der Waals surface area contributed by atoms with Gasteiger partial charge in [0.15, 0.2) is 12.6 Å². The molecule has 2 aromatic rings. The molecule has 2 rings (SSSR count). The van der Waals surface area contributed by atoms with E-state index >= 15 is 0 Å². The van der Waals surface area contributed by atoms with Gasteiger partial charge in [0.25, 0.3) is 0 Å². The van der Waals surface area contributed by atoms with Crippen molar-refractivity contribution in [2.75, 3.05) is 0 Å². The Balaban J connectivity index is 1.80. The summed E-state index contributed by atoms with van der Waals surface area (Å²) in [5, 5.41) is 19.5. The third-order valence-corrected chi connectivity index (χ3v) is 2.82. The van der Waals surface area contributed by atoms with Gasteiger partial charge in [-0.1, -0.05) is 60.7 Å². The molecular weight excluding hydrogens is 240 g/mol. The zero-order valence-electron chi connectivity index (χ0n) is 10.6. The molecule has 0 bridgehead atoms. The Morgan fingerprint density at radius 2 is 1.05 bits per heavy atom. The van der Waals surface area contributed by atoms with E-state index in [2.05, 4.69) is 0 Å². The predicted octanol–water partition coefficient (Wildman–Crippen LogP) is 2.13. The number of hydrogen-bond donors (Lipinski definition) is 2. The maximum Gasteiger partial charge on any atom is 0.161 e. The second kappa shape index (κ2) is 7.04. The monoisotopic (exact) mass is 258 g/mol. The van der Waals surface area contributed by atoms with Crippen molar-refractivity contribution < 1.29 is 14.9 Å². The van der Waals surface area contributed by atoms with E-state index in [0.717, 1.165) is 11.1 Å². The first-order chi connectivity index (χ1) is 9.24. The molecule has 3 heteroatoms. The smallest absolute Gasteiger partial charge is 0.161 e. The Labute approximate surface area is 113 Å². The van der Waals surface area contributed by atoms with Crippen LogP contribution in [0.5, 0.6) is 0 Å². The van der Waals surface area contributed by atoms with Crippen molar-refractivity contribution >= 4 is 0 Å². The molecule has 0 aliphatic carbocycles. The molecule has 0 fully saturated rings. The maximum atomic E-state index is 9.77. The first kappa shape index (κ1) is 13.7. The van der Waals surface area contributed by atoms with Crippen LogP contribution in [0.3, 0.4) is 0 Å². The largest absolute Gasteiger partial charge is 0.368 e. The molecule has 0 radical (unpaired) electrons. The van der Waals surface area contributed by atoms with Crippen molar-refractivity contribution in [3.05, 3.63) is 71.8 Å². The number of rotatable bonds is 6. The minimum Gasteiger partial charge on any atom is -0.368 e. The first-order valence-corrected chi connectivity index (χ1v) is 6.33. The summed E-state index contributed by atoms with van der Waals surface area (Å²) >= 11 is 0. The molecule has 0 aliphatic heterocycles. The number of ether oxygens (including phenoxy) is 1. The van der Waals surface area contributed by atoms with E-state index in [1.165, 1.54) is 0 Å². The minimum absolute atomic E-state index is 0.368. The molecule has 0 saturated heterocycles. The summed E-state index contributed by atoms with van der Waals surface area (Å²) in [6, 6.07) is 19.1. The fourth-order valence-electron chi connectivity index (χ4n) is 1.91. The summed E-state index contributed by atoms with van der Waals surface area (Å²) in [5.41, 5.74) is 1.95. The molecule has 100 valence electrons. The SMILES string of the molecule is OC(Cc1ccccc1)OC(O)Cc1ccccc1. The molecule has 19 heavy (non-hydrogen) atoms. The lowest BCUT2D eigenvalue weighted by atomic mass is 10.1. The second-order valence-corrected chi connectivity index (χ2v) is 4.42. The van der Waals surface area contributed by atoms with E-state index in [4.69, 9.17) is 4.74 Å². The van der Waals surface area contributed by atoms with E-state index < -0.39 is 12.6 Å². The average Bonchev–Trinajstić information content (AvgIpc) is 2.40. The topological polar surface area (TPSA) is 49.7 Å². The first-order valence-electron chi connectivity index (χ1n) is 6.33. The lowest BCUT2D eigenvalue weighted by Gasteiger charge is -2.17. The molecule has 0 saturated carbocycles. The maximum absolute atomic E-state index is 9.77. The summed E-state index contributed by atoms with van der Waals surface area (Å²) in [6.07, 6.45) is -1.26. The Bertz CT molecular complexity index is 424. The molecule has 2 atom stereocenters. The highest BCUT2D eigenvalue weighted by molar-refractivity contribution is 5.16. The molecule has 0 heterocycles. The van der Waals surface area contributed by atoms with E-state index in [9.17, 15) is 10.2 Å². The van der Waals surface area contributed by atoms with Gasteiger partial charge in [0, 0.05) is 12.8 Å². The fraction of sp³-hybridized carbons (Fsp3) is 0.250. The van der Waals surface area contributed by atoms with Crippen LogP contribution in [0.15, 0.2) is 60.7 Å². The van der Waals surface area contributed by atoms with Crippen molar-refractivity contribution in [3.63, 3.8) is 0 Å². The van der Waals surface area contributed by atoms with Gasteiger partial charge in [0.2, 0.25) is 0 Å². The van der Waals surface area contributed by atoms with Crippen LogP contribution in [0.2, 0.25) is 0 Å².